The number of amides is 1. The number of ether oxygens (including phenoxy) is 1. The summed E-state index contributed by atoms with van der Waals surface area (Å²) in [4.78, 5) is 12.1. The Kier molecular flexibility index (Phi) is 6.00. The van der Waals surface area contributed by atoms with Crippen molar-refractivity contribution < 1.29 is 9.53 Å². The van der Waals surface area contributed by atoms with Gasteiger partial charge in [-0.05, 0) is 72.6 Å². The van der Waals surface area contributed by atoms with Gasteiger partial charge in [0.1, 0.15) is 5.75 Å². The van der Waals surface area contributed by atoms with Crippen LogP contribution < -0.4 is 10.1 Å². The van der Waals surface area contributed by atoms with Crippen molar-refractivity contribution in [1.29, 1.82) is 0 Å². The predicted molar refractivity (Wildman–Crippen MR) is 112 cm³/mol. The lowest BCUT2D eigenvalue weighted by atomic mass is 9.87. The average molecular weight is 364 g/mol. The number of anilines is 1. The van der Waals surface area contributed by atoms with Crippen LogP contribution in [-0.2, 0) is 10.2 Å². The quantitative estimate of drug-likeness (QED) is 0.666. The third-order valence-electron chi connectivity index (χ3n) is 4.93. The largest absolute Gasteiger partial charge is 0.490 e. The van der Waals surface area contributed by atoms with Crippen LogP contribution in [0.25, 0.3) is 6.08 Å². The van der Waals surface area contributed by atoms with Gasteiger partial charge in [-0.2, -0.15) is 0 Å². The van der Waals surface area contributed by atoms with E-state index >= 15 is 0 Å². The number of benzene rings is 2. The molecule has 0 aliphatic heterocycles. The minimum Gasteiger partial charge on any atom is -0.490 e. The Bertz CT molecular complexity index is 777. The molecule has 2 aromatic carbocycles. The highest BCUT2D eigenvalue weighted by atomic mass is 16.5. The molecule has 1 fully saturated rings. The Morgan fingerprint density at radius 3 is 2.22 bits per heavy atom. The van der Waals surface area contributed by atoms with Crippen LogP contribution in [0.2, 0.25) is 0 Å². The standard InChI is InChI=1S/C24H29NO2/c1-24(2,3)19-11-8-18(9-12-19)10-17-23(26)25-20-13-15-22(16-14-20)27-21-6-4-5-7-21/h8-17,21H,4-7H2,1-3H3,(H,25,26)/b17-10+. The van der Waals surface area contributed by atoms with Crippen molar-refractivity contribution in [2.75, 3.05) is 5.32 Å². The van der Waals surface area contributed by atoms with Crippen LogP contribution in [0.15, 0.2) is 54.6 Å². The zero-order valence-corrected chi connectivity index (χ0v) is 16.5. The van der Waals surface area contributed by atoms with Gasteiger partial charge in [0.2, 0.25) is 5.91 Å². The molecule has 0 atom stereocenters. The van der Waals surface area contributed by atoms with E-state index < -0.39 is 0 Å². The van der Waals surface area contributed by atoms with Crippen molar-refractivity contribution in [3.8, 4) is 5.75 Å². The maximum absolute atomic E-state index is 12.1. The number of hydrogen-bond donors (Lipinski definition) is 1. The third kappa shape index (κ3) is 5.72. The molecule has 0 aromatic heterocycles. The maximum Gasteiger partial charge on any atom is 0.248 e. The molecule has 142 valence electrons. The summed E-state index contributed by atoms with van der Waals surface area (Å²) in [6.07, 6.45) is 8.53. The van der Waals surface area contributed by atoms with E-state index in [1.807, 2.05) is 42.5 Å². The first kappa shape index (κ1) is 19.2. The summed E-state index contributed by atoms with van der Waals surface area (Å²) in [5.41, 5.74) is 3.20. The summed E-state index contributed by atoms with van der Waals surface area (Å²) in [7, 11) is 0. The number of carbonyl (C=O) groups is 1. The highest BCUT2D eigenvalue weighted by Crippen LogP contribution is 2.25. The molecule has 0 radical (unpaired) electrons. The van der Waals surface area contributed by atoms with Gasteiger partial charge in [0.25, 0.3) is 0 Å². The Morgan fingerprint density at radius 1 is 1.00 bits per heavy atom. The van der Waals surface area contributed by atoms with Crippen molar-refractivity contribution in [2.24, 2.45) is 0 Å². The first-order chi connectivity index (χ1) is 12.9. The van der Waals surface area contributed by atoms with Crippen LogP contribution in [0.4, 0.5) is 5.69 Å². The number of nitrogens with one attached hydrogen (secondary N) is 1. The van der Waals surface area contributed by atoms with Gasteiger partial charge >= 0.3 is 0 Å². The van der Waals surface area contributed by atoms with Crippen molar-refractivity contribution in [3.05, 3.63) is 65.7 Å². The Morgan fingerprint density at radius 2 is 1.63 bits per heavy atom. The number of hydrogen-bond acceptors (Lipinski definition) is 2. The van der Waals surface area contributed by atoms with E-state index in [2.05, 4.69) is 38.2 Å². The van der Waals surface area contributed by atoms with Crippen LogP contribution in [0.5, 0.6) is 5.75 Å². The first-order valence-electron chi connectivity index (χ1n) is 9.76. The van der Waals surface area contributed by atoms with Gasteiger partial charge in [-0.3, -0.25) is 4.79 Å². The van der Waals surface area contributed by atoms with E-state index in [1.165, 1.54) is 18.4 Å². The molecule has 1 N–H and O–H groups in total. The SMILES string of the molecule is CC(C)(C)c1ccc(/C=C/C(=O)Nc2ccc(OC3CCCC3)cc2)cc1. The molecule has 0 spiro atoms. The summed E-state index contributed by atoms with van der Waals surface area (Å²) in [5, 5.41) is 2.89. The van der Waals surface area contributed by atoms with Crippen LogP contribution >= 0.6 is 0 Å². The second kappa shape index (κ2) is 8.43. The van der Waals surface area contributed by atoms with Crippen LogP contribution in [0.3, 0.4) is 0 Å². The van der Waals surface area contributed by atoms with Gasteiger partial charge in [0, 0.05) is 11.8 Å². The molecule has 2 aromatic rings. The van der Waals surface area contributed by atoms with Crippen LogP contribution in [-0.4, -0.2) is 12.0 Å². The van der Waals surface area contributed by atoms with Gasteiger partial charge in [-0.1, -0.05) is 45.0 Å². The zero-order valence-electron chi connectivity index (χ0n) is 16.5. The molecule has 1 saturated carbocycles. The lowest BCUT2D eigenvalue weighted by Gasteiger charge is -2.18. The highest BCUT2D eigenvalue weighted by molar-refractivity contribution is 6.01. The normalized spacial score (nSPS) is 15.2. The summed E-state index contributed by atoms with van der Waals surface area (Å²) in [6.45, 7) is 6.57. The van der Waals surface area contributed by atoms with Gasteiger partial charge in [-0.15, -0.1) is 0 Å². The number of carbonyl (C=O) groups excluding carboxylic acids is 1. The molecule has 3 nitrogen and oxygen atoms in total. The van der Waals surface area contributed by atoms with Crippen LogP contribution in [0.1, 0.15) is 57.6 Å². The molecular weight excluding hydrogens is 334 g/mol. The summed E-state index contributed by atoms with van der Waals surface area (Å²) >= 11 is 0. The topological polar surface area (TPSA) is 38.3 Å². The molecule has 0 bridgehead atoms. The molecular formula is C24H29NO2. The maximum atomic E-state index is 12.1. The highest BCUT2D eigenvalue weighted by Gasteiger charge is 2.16. The summed E-state index contributed by atoms with van der Waals surface area (Å²) < 4.78 is 5.95. The van der Waals surface area contributed by atoms with Crippen molar-refractivity contribution >= 4 is 17.7 Å². The lowest BCUT2D eigenvalue weighted by Crippen LogP contribution is -2.11. The monoisotopic (exact) mass is 363 g/mol. The van der Waals surface area contributed by atoms with Gasteiger partial charge in [0.15, 0.2) is 0 Å². The molecule has 1 aliphatic rings. The molecule has 3 heteroatoms. The van der Waals surface area contributed by atoms with E-state index in [4.69, 9.17) is 4.74 Å². The first-order valence-corrected chi connectivity index (χ1v) is 9.76. The second-order valence-corrected chi connectivity index (χ2v) is 8.24. The van der Waals surface area contributed by atoms with Crippen molar-refractivity contribution in [3.63, 3.8) is 0 Å². The van der Waals surface area contributed by atoms with E-state index in [0.717, 1.165) is 29.8 Å². The van der Waals surface area contributed by atoms with Gasteiger partial charge in [-0.25, -0.2) is 0 Å². The van der Waals surface area contributed by atoms with Gasteiger partial charge in [0.05, 0.1) is 6.10 Å². The van der Waals surface area contributed by atoms with Gasteiger partial charge < -0.3 is 10.1 Å². The predicted octanol–water partition coefficient (Wildman–Crippen LogP) is 5.96. The minimum atomic E-state index is -0.139. The molecule has 0 unspecified atom stereocenters. The molecule has 3 rings (SSSR count). The summed E-state index contributed by atoms with van der Waals surface area (Å²) in [6, 6.07) is 15.9. The second-order valence-electron chi connectivity index (χ2n) is 8.24. The Balaban J connectivity index is 1.53. The summed E-state index contributed by atoms with van der Waals surface area (Å²) in [5.74, 6) is 0.730. The van der Waals surface area contributed by atoms with Crippen LogP contribution in [0, 0.1) is 0 Å². The molecule has 1 amide bonds. The fraction of sp³-hybridized carbons (Fsp3) is 0.375. The molecule has 0 heterocycles. The minimum absolute atomic E-state index is 0.132. The molecule has 1 aliphatic carbocycles. The Hall–Kier alpha value is -2.55. The van der Waals surface area contributed by atoms with E-state index in [0.29, 0.717) is 6.10 Å². The smallest absolute Gasteiger partial charge is 0.248 e. The zero-order chi connectivity index (χ0) is 19.3. The third-order valence-corrected chi connectivity index (χ3v) is 4.93. The number of rotatable bonds is 5. The average Bonchev–Trinajstić information content (AvgIpc) is 3.14. The fourth-order valence-electron chi connectivity index (χ4n) is 3.27. The van der Waals surface area contributed by atoms with E-state index in [1.54, 1.807) is 6.08 Å². The van der Waals surface area contributed by atoms with E-state index in [9.17, 15) is 4.79 Å². The molecule has 27 heavy (non-hydrogen) atoms. The fourth-order valence-corrected chi connectivity index (χ4v) is 3.27. The Labute approximate surface area is 162 Å². The van der Waals surface area contributed by atoms with Crippen molar-refractivity contribution in [2.45, 2.75) is 58.0 Å². The lowest BCUT2D eigenvalue weighted by molar-refractivity contribution is -0.111. The van der Waals surface area contributed by atoms with Crippen molar-refractivity contribution in [1.82, 2.24) is 0 Å². The van der Waals surface area contributed by atoms with E-state index in [-0.39, 0.29) is 11.3 Å². The molecule has 0 saturated heterocycles.